The van der Waals surface area contributed by atoms with Crippen LogP contribution in [0, 0.1) is 17.0 Å². The number of rotatable bonds is 2. The second-order valence-electron chi connectivity index (χ2n) is 2.06. The Hall–Kier alpha value is -0.810. The Morgan fingerprint density at radius 1 is 1.75 bits per heavy atom. The lowest BCUT2D eigenvalue weighted by Gasteiger charge is -1.98. The van der Waals surface area contributed by atoms with E-state index in [1.165, 1.54) is 6.20 Å². The fourth-order valence-corrected chi connectivity index (χ4v) is 1.49. The van der Waals surface area contributed by atoms with E-state index in [4.69, 9.17) is 11.6 Å². The maximum Gasteiger partial charge on any atom is 0.269 e. The van der Waals surface area contributed by atoms with Crippen LogP contribution in [-0.4, -0.2) is 9.31 Å². The van der Waals surface area contributed by atoms with Crippen LogP contribution in [-0.2, 0) is 0 Å². The Bertz CT molecular complexity index is 298. The van der Waals surface area contributed by atoms with E-state index in [1.54, 1.807) is 13.0 Å². The lowest BCUT2D eigenvalue weighted by Crippen LogP contribution is -1.89. The quantitative estimate of drug-likeness (QED) is 0.321. The minimum Gasteiger partial charge on any atom is -0.250 e. The van der Waals surface area contributed by atoms with Gasteiger partial charge in [-0.05, 0) is 18.6 Å². The van der Waals surface area contributed by atoms with Crippen molar-refractivity contribution in [1.82, 2.24) is 4.98 Å². The Balaban J connectivity index is 3.04. The number of halogens is 1. The molecule has 0 fully saturated rings. The van der Waals surface area contributed by atoms with Gasteiger partial charge in [-0.1, -0.05) is 11.6 Å². The summed E-state index contributed by atoms with van der Waals surface area (Å²) in [6, 6.07) is 1.68. The summed E-state index contributed by atoms with van der Waals surface area (Å²) in [6.07, 6.45) is 1.52. The number of nitro groups is 1. The van der Waals surface area contributed by atoms with Gasteiger partial charge in [0, 0.05) is 6.20 Å². The first-order chi connectivity index (χ1) is 5.61. The molecular formula is C6H5ClN2O2S. The van der Waals surface area contributed by atoms with Gasteiger partial charge in [0.05, 0.1) is 0 Å². The second-order valence-corrected chi connectivity index (χ2v) is 3.31. The van der Waals surface area contributed by atoms with E-state index in [0.29, 0.717) is 16.8 Å². The summed E-state index contributed by atoms with van der Waals surface area (Å²) in [6.45, 7) is 1.75. The minimum absolute atomic E-state index is 0.178. The summed E-state index contributed by atoms with van der Waals surface area (Å²) in [4.78, 5) is 14.3. The fraction of sp³-hybridized carbons (Fsp3) is 0.167. The van der Waals surface area contributed by atoms with Gasteiger partial charge < -0.3 is 0 Å². The maximum absolute atomic E-state index is 10.2. The molecule has 0 saturated heterocycles. The number of aryl methyl sites for hydroxylation is 1. The van der Waals surface area contributed by atoms with Crippen LogP contribution in [0.1, 0.15) is 5.56 Å². The van der Waals surface area contributed by atoms with Gasteiger partial charge in [0.15, 0.2) is 0 Å². The molecule has 0 bridgehead atoms. The molecule has 1 rings (SSSR count). The lowest BCUT2D eigenvalue weighted by molar-refractivity contribution is -0.284. The Labute approximate surface area is 78.2 Å². The summed E-state index contributed by atoms with van der Waals surface area (Å²) in [5, 5.41) is 10.3. The largest absolute Gasteiger partial charge is 0.269 e. The average molecular weight is 205 g/mol. The second kappa shape index (κ2) is 3.73. The van der Waals surface area contributed by atoms with Crippen LogP contribution in [0.4, 0.5) is 0 Å². The van der Waals surface area contributed by atoms with Crippen molar-refractivity contribution in [2.75, 3.05) is 0 Å². The third-order valence-corrected chi connectivity index (χ3v) is 2.47. The molecule has 0 aliphatic rings. The van der Waals surface area contributed by atoms with Gasteiger partial charge in [-0.15, -0.1) is 0 Å². The summed E-state index contributed by atoms with van der Waals surface area (Å²) < 4.78 is -0.504. The standard InChI is InChI=1S/C6H5ClN2O2S/c1-4-2-3-8-6(7)5(4)12-9(10)11/h2-3H,1H3. The van der Waals surface area contributed by atoms with Gasteiger partial charge in [0.2, 0.25) is 0 Å². The molecule has 12 heavy (non-hydrogen) atoms. The van der Waals surface area contributed by atoms with E-state index >= 15 is 0 Å². The van der Waals surface area contributed by atoms with Crippen molar-refractivity contribution in [3.05, 3.63) is 33.1 Å². The van der Waals surface area contributed by atoms with Gasteiger partial charge >= 0.3 is 0 Å². The maximum atomic E-state index is 10.2. The van der Waals surface area contributed by atoms with Crippen LogP contribution < -0.4 is 0 Å². The van der Waals surface area contributed by atoms with E-state index < -0.39 is 4.33 Å². The SMILES string of the molecule is Cc1ccnc(Cl)c1S[N+](=O)[O-]. The number of hydrogen-bond acceptors (Lipinski definition) is 4. The van der Waals surface area contributed by atoms with Crippen molar-refractivity contribution >= 4 is 23.5 Å². The molecule has 64 valence electrons. The zero-order valence-electron chi connectivity index (χ0n) is 6.15. The highest BCUT2D eigenvalue weighted by Crippen LogP contribution is 2.28. The molecule has 6 heteroatoms. The summed E-state index contributed by atoms with van der Waals surface area (Å²) >= 11 is 6.12. The van der Waals surface area contributed by atoms with E-state index in [1.807, 2.05) is 0 Å². The topological polar surface area (TPSA) is 56.0 Å². The third-order valence-electron chi connectivity index (χ3n) is 1.22. The number of nitrogens with zero attached hydrogens (tertiary/aromatic N) is 2. The monoisotopic (exact) mass is 204 g/mol. The molecule has 0 N–H and O–H groups in total. The molecule has 0 aliphatic carbocycles. The third kappa shape index (κ3) is 2.09. The van der Waals surface area contributed by atoms with Crippen molar-refractivity contribution in [2.45, 2.75) is 11.8 Å². The summed E-state index contributed by atoms with van der Waals surface area (Å²) in [5.41, 5.74) is 0.761. The number of hydrogen-bond donors (Lipinski definition) is 0. The normalized spacial score (nSPS) is 9.83. The average Bonchev–Trinajstić information content (AvgIpc) is 1.97. The zero-order chi connectivity index (χ0) is 9.14. The highest BCUT2D eigenvalue weighted by molar-refractivity contribution is 7.93. The fourth-order valence-electron chi connectivity index (χ4n) is 0.696. The smallest absolute Gasteiger partial charge is 0.250 e. The first-order valence-corrected chi connectivity index (χ1v) is 4.20. The van der Waals surface area contributed by atoms with Gasteiger partial charge in [0.1, 0.15) is 14.4 Å². The molecule has 0 aromatic carbocycles. The summed E-state index contributed by atoms with van der Waals surface area (Å²) in [7, 11) is 0. The van der Waals surface area contributed by atoms with Crippen LogP contribution in [0.3, 0.4) is 0 Å². The molecule has 4 nitrogen and oxygen atoms in total. The number of pyridine rings is 1. The van der Waals surface area contributed by atoms with Crippen molar-refractivity contribution in [3.8, 4) is 0 Å². The molecule has 0 saturated carbocycles. The van der Waals surface area contributed by atoms with E-state index in [-0.39, 0.29) is 5.15 Å². The van der Waals surface area contributed by atoms with E-state index in [9.17, 15) is 10.1 Å². The van der Waals surface area contributed by atoms with Crippen LogP contribution in [0.25, 0.3) is 0 Å². The molecule has 0 amide bonds. The lowest BCUT2D eigenvalue weighted by atomic mass is 10.3. The van der Waals surface area contributed by atoms with Crippen LogP contribution >= 0.6 is 23.5 Å². The van der Waals surface area contributed by atoms with E-state index in [2.05, 4.69) is 4.98 Å². The predicted octanol–water partition coefficient (Wildman–Crippen LogP) is 2.33. The molecule has 0 aliphatic heterocycles. The molecular weight excluding hydrogens is 200 g/mol. The molecule has 1 aromatic heterocycles. The van der Waals surface area contributed by atoms with Gasteiger partial charge in [-0.2, -0.15) is 0 Å². The van der Waals surface area contributed by atoms with Crippen molar-refractivity contribution in [2.24, 2.45) is 0 Å². The number of aromatic nitrogens is 1. The van der Waals surface area contributed by atoms with E-state index in [0.717, 1.165) is 5.56 Å². The van der Waals surface area contributed by atoms with Crippen LogP contribution in [0.2, 0.25) is 5.15 Å². The van der Waals surface area contributed by atoms with Crippen molar-refractivity contribution in [3.63, 3.8) is 0 Å². The molecule has 0 spiro atoms. The van der Waals surface area contributed by atoms with Gasteiger partial charge in [-0.3, -0.25) is 10.1 Å². The van der Waals surface area contributed by atoms with Crippen molar-refractivity contribution < 1.29 is 4.33 Å². The highest BCUT2D eigenvalue weighted by atomic mass is 35.5. The predicted molar refractivity (Wildman–Crippen MR) is 46.8 cm³/mol. The molecule has 0 unspecified atom stereocenters. The molecule has 0 radical (unpaired) electrons. The molecule has 0 atom stereocenters. The Kier molecular flexibility index (Phi) is 2.88. The van der Waals surface area contributed by atoms with Gasteiger partial charge in [0.25, 0.3) is 11.9 Å². The highest BCUT2D eigenvalue weighted by Gasteiger charge is 2.13. The Morgan fingerprint density at radius 2 is 2.42 bits per heavy atom. The molecule has 1 aromatic rings. The first kappa shape index (κ1) is 9.28. The Morgan fingerprint density at radius 3 is 2.92 bits per heavy atom. The van der Waals surface area contributed by atoms with Crippen LogP contribution in [0.15, 0.2) is 17.2 Å². The first-order valence-electron chi connectivity index (χ1n) is 3.04. The van der Waals surface area contributed by atoms with Crippen LogP contribution in [0.5, 0.6) is 0 Å². The van der Waals surface area contributed by atoms with Gasteiger partial charge in [-0.25, -0.2) is 4.98 Å². The minimum atomic E-state index is -0.504. The molecule has 1 heterocycles. The van der Waals surface area contributed by atoms with Crippen molar-refractivity contribution in [1.29, 1.82) is 0 Å². The summed E-state index contributed by atoms with van der Waals surface area (Å²) in [5.74, 6) is 0. The zero-order valence-corrected chi connectivity index (χ0v) is 7.72.